The Morgan fingerprint density at radius 1 is 1.56 bits per heavy atom. The molecule has 0 radical (unpaired) electrons. The van der Waals surface area contributed by atoms with Crippen molar-refractivity contribution >= 4 is 11.3 Å². The largest absolute Gasteiger partial charge is 0.305 e. The summed E-state index contributed by atoms with van der Waals surface area (Å²) in [6.07, 6.45) is 3.90. The van der Waals surface area contributed by atoms with Crippen LogP contribution in [0.2, 0.25) is 0 Å². The van der Waals surface area contributed by atoms with E-state index in [1.165, 1.54) is 5.56 Å². The second kappa shape index (κ2) is 4.76. The van der Waals surface area contributed by atoms with Crippen LogP contribution in [0.15, 0.2) is 17.8 Å². The van der Waals surface area contributed by atoms with Crippen molar-refractivity contribution in [2.75, 3.05) is 0 Å². The zero-order valence-electron chi connectivity index (χ0n) is 9.77. The van der Waals surface area contributed by atoms with Gasteiger partial charge in [-0.15, -0.1) is 11.3 Å². The molecule has 0 aliphatic rings. The van der Waals surface area contributed by atoms with Crippen molar-refractivity contribution in [1.29, 1.82) is 0 Å². The van der Waals surface area contributed by atoms with E-state index in [0.717, 1.165) is 17.2 Å². The van der Waals surface area contributed by atoms with Gasteiger partial charge in [0.2, 0.25) is 0 Å². The molecule has 0 aliphatic carbocycles. The summed E-state index contributed by atoms with van der Waals surface area (Å²) in [6.45, 7) is 4.98. The van der Waals surface area contributed by atoms with Gasteiger partial charge in [0.15, 0.2) is 0 Å². The monoisotopic (exact) mass is 236 g/mol. The number of nitrogens with one attached hydrogen (secondary N) is 1. The van der Waals surface area contributed by atoms with Gasteiger partial charge >= 0.3 is 0 Å². The average Bonchev–Trinajstić information content (AvgIpc) is 2.84. The van der Waals surface area contributed by atoms with Gasteiger partial charge in [-0.3, -0.25) is 4.68 Å². The van der Waals surface area contributed by atoms with Gasteiger partial charge in [0.05, 0.1) is 16.9 Å². The quantitative estimate of drug-likeness (QED) is 0.883. The number of nitrogens with zero attached hydrogens (tertiary/aromatic N) is 3. The smallest absolute Gasteiger partial charge is 0.0898 e. The van der Waals surface area contributed by atoms with Crippen LogP contribution in [0.4, 0.5) is 0 Å². The molecule has 4 nitrogen and oxygen atoms in total. The van der Waals surface area contributed by atoms with Gasteiger partial charge in [-0.05, 0) is 13.8 Å². The topological polar surface area (TPSA) is 42.7 Å². The molecule has 0 fully saturated rings. The van der Waals surface area contributed by atoms with Crippen LogP contribution in [0.1, 0.15) is 29.2 Å². The first-order valence-corrected chi connectivity index (χ1v) is 6.16. The van der Waals surface area contributed by atoms with E-state index in [4.69, 9.17) is 0 Å². The highest BCUT2D eigenvalue weighted by Gasteiger charge is 2.08. The lowest BCUT2D eigenvalue weighted by Crippen LogP contribution is -2.18. The van der Waals surface area contributed by atoms with Gasteiger partial charge in [0.25, 0.3) is 0 Å². The highest BCUT2D eigenvalue weighted by Crippen LogP contribution is 2.15. The number of rotatable bonds is 4. The van der Waals surface area contributed by atoms with Gasteiger partial charge in [-0.25, -0.2) is 4.98 Å². The normalized spacial score (nSPS) is 12.9. The highest BCUT2D eigenvalue weighted by molar-refractivity contribution is 7.09. The van der Waals surface area contributed by atoms with Crippen LogP contribution in [-0.4, -0.2) is 14.8 Å². The standard InChI is InChI=1S/C11H16N4S/c1-8(11-7-16-9(2)14-11)12-4-10-5-13-15(3)6-10/h5-8,12H,4H2,1-3H3. The maximum Gasteiger partial charge on any atom is 0.0898 e. The molecule has 0 saturated heterocycles. The number of thiazole rings is 1. The molecule has 2 aromatic heterocycles. The van der Waals surface area contributed by atoms with Crippen LogP contribution in [0.25, 0.3) is 0 Å². The van der Waals surface area contributed by atoms with Crippen molar-refractivity contribution in [2.45, 2.75) is 26.4 Å². The van der Waals surface area contributed by atoms with Gasteiger partial charge in [-0.2, -0.15) is 5.10 Å². The van der Waals surface area contributed by atoms with Crippen LogP contribution in [0.5, 0.6) is 0 Å². The van der Waals surface area contributed by atoms with Crippen LogP contribution in [-0.2, 0) is 13.6 Å². The van der Waals surface area contributed by atoms with Crippen molar-refractivity contribution in [1.82, 2.24) is 20.1 Å². The van der Waals surface area contributed by atoms with E-state index in [0.29, 0.717) is 0 Å². The molecule has 0 amide bonds. The lowest BCUT2D eigenvalue weighted by molar-refractivity contribution is 0.563. The molecule has 0 aromatic carbocycles. The van der Waals surface area contributed by atoms with Gasteiger partial charge < -0.3 is 5.32 Å². The average molecular weight is 236 g/mol. The van der Waals surface area contributed by atoms with Crippen molar-refractivity contribution < 1.29 is 0 Å². The Hall–Kier alpha value is -1.20. The summed E-state index contributed by atoms with van der Waals surface area (Å²) in [4.78, 5) is 4.46. The molecule has 1 N–H and O–H groups in total. The molecule has 86 valence electrons. The van der Waals surface area contributed by atoms with E-state index in [1.807, 2.05) is 31.0 Å². The summed E-state index contributed by atoms with van der Waals surface area (Å²) in [7, 11) is 1.93. The number of aryl methyl sites for hydroxylation is 2. The Morgan fingerprint density at radius 3 is 2.94 bits per heavy atom. The molecule has 2 rings (SSSR count). The van der Waals surface area contributed by atoms with Gasteiger partial charge in [0, 0.05) is 36.8 Å². The van der Waals surface area contributed by atoms with Crippen LogP contribution < -0.4 is 5.32 Å². The molecular weight excluding hydrogens is 220 g/mol. The third kappa shape index (κ3) is 2.68. The van der Waals surface area contributed by atoms with Gasteiger partial charge in [0.1, 0.15) is 0 Å². The predicted octanol–water partition coefficient (Wildman–Crippen LogP) is 2.04. The number of aromatic nitrogens is 3. The minimum Gasteiger partial charge on any atom is -0.305 e. The van der Waals surface area contributed by atoms with E-state index in [9.17, 15) is 0 Å². The van der Waals surface area contributed by atoms with Crippen molar-refractivity contribution in [2.24, 2.45) is 7.05 Å². The summed E-state index contributed by atoms with van der Waals surface area (Å²) in [5, 5.41) is 10.8. The second-order valence-electron chi connectivity index (χ2n) is 3.92. The van der Waals surface area contributed by atoms with Crippen LogP contribution in [0.3, 0.4) is 0 Å². The van der Waals surface area contributed by atoms with Crippen molar-refractivity contribution in [3.05, 3.63) is 34.0 Å². The van der Waals surface area contributed by atoms with E-state index < -0.39 is 0 Å². The SMILES string of the molecule is Cc1nc(C(C)NCc2cnn(C)c2)cs1. The lowest BCUT2D eigenvalue weighted by Gasteiger charge is -2.09. The molecular formula is C11H16N4S. The molecule has 16 heavy (non-hydrogen) atoms. The zero-order chi connectivity index (χ0) is 11.5. The van der Waals surface area contributed by atoms with E-state index >= 15 is 0 Å². The summed E-state index contributed by atoms with van der Waals surface area (Å²) in [5.41, 5.74) is 2.31. The highest BCUT2D eigenvalue weighted by atomic mass is 32.1. The first-order valence-electron chi connectivity index (χ1n) is 5.28. The van der Waals surface area contributed by atoms with Crippen LogP contribution >= 0.6 is 11.3 Å². The molecule has 1 unspecified atom stereocenters. The summed E-state index contributed by atoms with van der Waals surface area (Å²) in [6, 6.07) is 0.283. The summed E-state index contributed by atoms with van der Waals surface area (Å²) < 4.78 is 1.81. The Balaban J connectivity index is 1.91. The molecule has 2 aromatic rings. The van der Waals surface area contributed by atoms with E-state index in [2.05, 4.69) is 27.7 Å². The first kappa shape index (κ1) is 11.3. The Morgan fingerprint density at radius 2 is 2.38 bits per heavy atom. The zero-order valence-corrected chi connectivity index (χ0v) is 10.6. The van der Waals surface area contributed by atoms with Crippen molar-refractivity contribution in [3.8, 4) is 0 Å². The molecule has 0 aliphatic heterocycles. The Bertz CT molecular complexity index is 460. The second-order valence-corrected chi connectivity index (χ2v) is 4.98. The maximum atomic E-state index is 4.46. The molecule has 0 spiro atoms. The molecule has 0 bridgehead atoms. The van der Waals surface area contributed by atoms with Gasteiger partial charge in [-0.1, -0.05) is 0 Å². The first-order chi connectivity index (χ1) is 7.65. The fourth-order valence-corrected chi connectivity index (χ4v) is 2.22. The van der Waals surface area contributed by atoms with Crippen LogP contribution in [0, 0.1) is 6.92 Å². The molecule has 2 heterocycles. The third-order valence-corrected chi connectivity index (χ3v) is 3.24. The van der Waals surface area contributed by atoms with Crippen molar-refractivity contribution in [3.63, 3.8) is 0 Å². The lowest BCUT2D eigenvalue weighted by atomic mass is 10.2. The molecule has 0 saturated carbocycles. The molecule has 5 heteroatoms. The number of hydrogen-bond acceptors (Lipinski definition) is 4. The Kier molecular flexibility index (Phi) is 3.36. The predicted molar refractivity (Wildman–Crippen MR) is 65.3 cm³/mol. The molecule has 1 atom stereocenters. The fraction of sp³-hybridized carbons (Fsp3) is 0.455. The number of hydrogen-bond donors (Lipinski definition) is 1. The summed E-state index contributed by atoms with van der Waals surface area (Å²) >= 11 is 1.69. The maximum absolute atomic E-state index is 4.46. The minimum absolute atomic E-state index is 0.283. The summed E-state index contributed by atoms with van der Waals surface area (Å²) in [5.74, 6) is 0. The minimum atomic E-state index is 0.283. The third-order valence-electron chi connectivity index (χ3n) is 2.45. The van der Waals surface area contributed by atoms with E-state index in [1.54, 1.807) is 11.3 Å². The van der Waals surface area contributed by atoms with E-state index in [-0.39, 0.29) is 6.04 Å². The Labute approximate surface area is 99.3 Å². The fourth-order valence-electron chi connectivity index (χ4n) is 1.52.